The Morgan fingerprint density at radius 1 is 1.43 bits per heavy atom. The van der Waals surface area contributed by atoms with E-state index in [1.54, 1.807) is 6.07 Å². The maximum Gasteiger partial charge on any atom is 0.200 e. The van der Waals surface area contributed by atoms with E-state index in [-0.39, 0.29) is 23.3 Å². The highest BCUT2D eigenvalue weighted by atomic mass is 16.5. The monoisotopic (exact) mass is 197 g/mol. The lowest BCUT2D eigenvalue weighted by molar-refractivity contribution is 0.350. The lowest BCUT2D eigenvalue weighted by Gasteiger charge is -2.10. The molecule has 0 aliphatic rings. The van der Waals surface area contributed by atoms with Crippen LogP contribution < -0.4 is 10.5 Å². The minimum atomic E-state index is -0.235. The van der Waals surface area contributed by atoms with Gasteiger partial charge in [-0.3, -0.25) is 0 Å². The minimum absolute atomic E-state index is 0.00338. The quantitative estimate of drug-likeness (QED) is 0.632. The van der Waals surface area contributed by atoms with Gasteiger partial charge in [-0.25, -0.2) is 0 Å². The van der Waals surface area contributed by atoms with Crippen molar-refractivity contribution in [3.8, 4) is 17.2 Å². The number of phenolic OH excluding ortho intramolecular Hbond substituents is 2. The van der Waals surface area contributed by atoms with Crippen molar-refractivity contribution in [3.63, 3.8) is 0 Å². The van der Waals surface area contributed by atoms with E-state index in [1.165, 1.54) is 13.2 Å². The largest absolute Gasteiger partial charge is 0.504 e. The molecule has 0 unspecified atom stereocenters. The molecule has 0 heterocycles. The van der Waals surface area contributed by atoms with Crippen LogP contribution >= 0.6 is 0 Å². The number of nitrogens with two attached hydrogens (primary N) is 1. The van der Waals surface area contributed by atoms with Crippen LogP contribution in [0, 0.1) is 0 Å². The van der Waals surface area contributed by atoms with Crippen molar-refractivity contribution in [1.82, 2.24) is 0 Å². The van der Waals surface area contributed by atoms with Crippen LogP contribution in [-0.2, 0) is 6.42 Å². The number of benzene rings is 1. The predicted octanol–water partition coefficient (Wildman–Crippen LogP) is 0.996. The van der Waals surface area contributed by atoms with Crippen molar-refractivity contribution in [2.45, 2.75) is 19.4 Å². The van der Waals surface area contributed by atoms with Crippen LogP contribution in [0.4, 0.5) is 0 Å². The highest BCUT2D eigenvalue weighted by Gasteiger charge is 2.10. The molecule has 4 nitrogen and oxygen atoms in total. The average molecular weight is 197 g/mol. The van der Waals surface area contributed by atoms with Gasteiger partial charge in [0.1, 0.15) is 0 Å². The Morgan fingerprint density at radius 2 is 2.07 bits per heavy atom. The van der Waals surface area contributed by atoms with E-state index in [4.69, 9.17) is 10.5 Å². The Labute approximate surface area is 82.9 Å². The number of hydrogen-bond donors (Lipinski definition) is 3. The van der Waals surface area contributed by atoms with Crippen molar-refractivity contribution in [3.05, 3.63) is 17.7 Å². The number of ether oxygens (including phenoxy) is 1. The molecular formula is C10H15NO3. The first-order chi connectivity index (χ1) is 6.54. The third kappa shape index (κ3) is 2.29. The van der Waals surface area contributed by atoms with E-state index in [0.29, 0.717) is 6.42 Å². The summed E-state index contributed by atoms with van der Waals surface area (Å²) in [6, 6.07) is 3.16. The summed E-state index contributed by atoms with van der Waals surface area (Å²) in [6.45, 7) is 1.87. The third-order valence-electron chi connectivity index (χ3n) is 1.89. The molecule has 0 amide bonds. The van der Waals surface area contributed by atoms with Crippen LogP contribution in [0.5, 0.6) is 17.2 Å². The summed E-state index contributed by atoms with van der Waals surface area (Å²) in [7, 11) is 1.43. The zero-order chi connectivity index (χ0) is 10.7. The van der Waals surface area contributed by atoms with Crippen LogP contribution in [0.15, 0.2) is 12.1 Å². The van der Waals surface area contributed by atoms with Crippen LogP contribution in [0.3, 0.4) is 0 Å². The highest BCUT2D eigenvalue weighted by Crippen LogP contribution is 2.36. The Morgan fingerprint density at radius 3 is 2.57 bits per heavy atom. The Hall–Kier alpha value is -1.42. The zero-order valence-electron chi connectivity index (χ0n) is 8.32. The molecule has 4 N–H and O–H groups in total. The fourth-order valence-electron chi connectivity index (χ4n) is 1.29. The molecule has 0 radical (unpaired) electrons. The van der Waals surface area contributed by atoms with Gasteiger partial charge in [0.2, 0.25) is 5.75 Å². The minimum Gasteiger partial charge on any atom is -0.504 e. The van der Waals surface area contributed by atoms with Crippen molar-refractivity contribution >= 4 is 0 Å². The smallest absolute Gasteiger partial charge is 0.200 e. The third-order valence-corrected chi connectivity index (χ3v) is 1.89. The molecule has 4 heteroatoms. The van der Waals surface area contributed by atoms with E-state index in [9.17, 15) is 10.2 Å². The summed E-state index contributed by atoms with van der Waals surface area (Å²) in [5.41, 5.74) is 6.46. The van der Waals surface area contributed by atoms with Gasteiger partial charge < -0.3 is 20.7 Å². The van der Waals surface area contributed by atoms with Crippen LogP contribution in [-0.4, -0.2) is 23.4 Å². The van der Waals surface area contributed by atoms with E-state index >= 15 is 0 Å². The molecule has 1 aromatic carbocycles. The fourth-order valence-corrected chi connectivity index (χ4v) is 1.29. The Kier molecular flexibility index (Phi) is 3.19. The van der Waals surface area contributed by atoms with E-state index < -0.39 is 0 Å². The molecular weight excluding hydrogens is 182 g/mol. The highest BCUT2D eigenvalue weighted by molar-refractivity contribution is 5.52. The number of rotatable bonds is 3. The molecule has 0 aliphatic carbocycles. The normalized spacial score (nSPS) is 12.5. The summed E-state index contributed by atoms with van der Waals surface area (Å²) < 4.78 is 4.90. The Bertz CT molecular complexity index is 323. The van der Waals surface area contributed by atoms with Crippen LogP contribution in [0.25, 0.3) is 0 Å². The van der Waals surface area contributed by atoms with Gasteiger partial charge in [0.05, 0.1) is 7.11 Å². The van der Waals surface area contributed by atoms with Crippen molar-refractivity contribution in [1.29, 1.82) is 0 Å². The predicted molar refractivity (Wildman–Crippen MR) is 53.7 cm³/mol. The number of aromatic hydroxyl groups is 2. The van der Waals surface area contributed by atoms with Gasteiger partial charge in [0, 0.05) is 6.04 Å². The summed E-state index contributed by atoms with van der Waals surface area (Å²) >= 11 is 0. The Balaban J connectivity index is 3.03. The number of phenols is 2. The molecule has 0 fully saturated rings. The molecule has 14 heavy (non-hydrogen) atoms. The lowest BCUT2D eigenvalue weighted by atomic mass is 10.1. The van der Waals surface area contributed by atoms with Gasteiger partial charge in [0.25, 0.3) is 0 Å². The summed E-state index contributed by atoms with van der Waals surface area (Å²) in [5, 5.41) is 18.7. The molecule has 0 spiro atoms. The van der Waals surface area contributed by atoms with Crippen LogP contribution in [0.1, 0.15) is 12.5 Å². The molecule has 0 saturated carbocycles. The van der Waals surface area contributed by atoms with Crippen molar-refractivity contribution < 1.29 is 14.9 Å². The molecule has 0 bridgehead atoms. The average Bonchev–Trinajstić information content (AvgIpc) is 2.10. The summed E-state index contributed by atoms with van der Waals surface area (Å²) in [6.07, 6.45) is 0.629. The second-order valence-corrected chi connectivity index (χ2v) is 3.35. The van der Waals surface area contributed by atoms with E-state index in [2.05, 4.69) is 0 Å². The molecule has 0 aromatic heterocycles. The van der Waals surface area contributed by atoms with Crippen molar-refractivity contribution in [2.75, 3.05) is 7.11 Å². The van der Waals surface area contributed by atoms with Gasteiger partial charge >= 0.3 is 0 Å². The van der Waals surface area contributed by atoms with Gasteiger partial charge in [-0.1, -0.05) is 0 Å². The maximum atomic E-state index is 9.35. The molecule has 1 aromatic rings. The molecule has 1 rings (SSSR count). The van der Waals surface area contributed by atoms with Gasteiger partial charge in [-0.2, -0.15) is 0 Å². The summed E-state index contributed by atoms with van der Waals surface area (Å²) in [5.74, 6) is -0.151. The van der Waals surface area contributed by atoms with Crippen LogP contribution in [0.2, 0.25) is 0 Å². The standard InChI is InChI=1S/C10H15NO3/c1-6(11)3-7-4-8(12)10(13)9(5-7)14-2/h4-6,12-13H,3,11H2,1-2H3/t6-/m0/s1. The van der Waals surface area contributed by atoms with Gasteiger partial charge in [0.15, 0.2) is 11.5 Å². The van der Waals surface area contributed by atoms with Crippen molar-refractivity contribution in [2.24, 2.45) is 5.73 Å². The second-order valence-electron chi connectivity index (χ2n) is 3.35. The van der Waals surface area contributed by atoms with E-state index in [0.717, 1.165) is 5.56 Å². The maximum absolute atomic E-state index is 9.35. The fraction of sp³-hybridized carbons (Fsp3) is 0.400. The van der Waals surface area contributed by atoms with E-state index in [1.807, 2.05) is 6.92 Å². The topological polar surface area (TPSA) is 75.7 Å². The molecule has 0 aliphatic heterocycles. The van der Waals surface area contributed by atoms with Gasteiger partial charge in [-0.05, 0) is 31.0 Å². The molecule has 0 saturated heterocycles. The summed E-state index contributed by atoms with van der Waals surface area (Å²) in [4.78, 5) is 0. The zero-order valence-corrected chi connectivity index (χ0v) is 8.32. The SMILES string of the molecule is COc1cc(C[C@H](C)N)cc(O)c1O. The number of hydrogen-bond acceptors (Lipinski definition) is 4. The lowest BCUT2D eigenvalue weighted by Crippen LogP contribution is -2.17. The molecule has 1 atom stereocenters. The molecule has 78 valence electrons. The second kappa shape index (κ2) is 4.19. The first-order valence-electron chi connectivity index (χ1n) is 4.39. The first kappa shape index (κ1) is 10.7. The van der Waals surface area contributed by atoms with Gasteiger partial charge in [-0.15, -0.1) is 0 Å². The first-order valence-corrected chi connectivity index (χ1v) is 4.39. The number of methoxy groups -OCH3 is 1.